The Morgan fingerprint density at radius 2 is 1.72 bits per heavy atom. The van der Waals surface area contributed by atoms with Gasteiger partial charge in [0.15, 0.2) is 0 Å². The molecule has 4 heteroatoms. The Hall–Kier alpha value is -2.23. The molecule has 0 aliphatic heterocycles. The summed E-state index contributed by atoms with van der Waals surface area (Å²) in [6.07, 6.45) is 3.31. The standard InChI is InChI=1S/C14H15N3O/c1-14(2,12-8-4-6-10-16-12)17-13(18)11-7-3-5-9-15-11/h3-10H,1-2H3,(H,17,18). The molecule has 18 heavy (non-hydrogen) atoms. The first-order valence-corrected chi connectivity index (χ1v) is 5.75. The van der Waals surface area contributed by atoms with Crippen molar-refractivity contribution in [3.63, 3.8) is 0 Å². The van der Waals surface area contributed by atoms with Gasteiger partial charge in [-0.1, -0.05) is 12.1 Å². The van der Waals surface area contributed by atoms with Crippen LogP contribution in [0.5, 0.6) is 0 Å². The van der Waals surface area contributed by atoms with E-state index in [0.717, 1.165) is 5.69 Å². The molecule has 0 atom stereocenters. The zero-order chi connectivity index (χ0) is 13.0. The van der Waals surface area contributed by atoms with E-state index in [2.05, 4.69) is 15.3 Å². The molecule has 0 bridgehead atoms. The van der Waals surface area contributed by atoms with Gasteiger partial charge in [-0.2, -0.15) is 0 Å². The van der Waals surface area contributed by atoms with Crippen LogP contribution in [-0.4, -0.2) is 15.9 Å². The van der Waals surface area contributed by atoms with Gasteiger partial charge in [-0.3, -0.25) is 14.8 Å². The lowest BCUT2D eigenvalue weighted by Gasteiger charge is -2.25. The summed E-state index contributed by atoms with van der Waals surface area (Å²) in [7, 11) is 0. The zero-order valence-electron chi connectivity index (χ0n) is 10.4. The van der Waals surface area contributed by atoms with Crippen LogP contribution in [0.1, 0.15) is 30.0 Å². The fourth-order valence-corrected chi connectivity index (χ4v) is 1.64. The number of carbonyl (C=O) groups excluding carboxylic acids is 1. The fraction of sp³-hybridized carbons (Fsp3) is 0.214. The van der Waals surface area contributed by atoms with Gasteiger partial charge in [-0.15, -0.1) is 0 Å². The predicted molar refractivity (Wildman–Crippen MR) is 69.0 cm³/mol. The van der Waals surface area contributed by atoms with Crippen molar-refractivity contribution in [1.82, 2.24) is 15.3 Å². The minimum absolute atomic E-state index is 0.203. The van der Waals surface area contributed by atoms with Gasteiger partial charge < -0.3 is 5.32 Å². The highest BCUT2D eigenvalue weighted by Crippen LogP contribution is 2.17. The van der Waals surface area contributed by atoms with Crippen molar-refractivity contribution in [3.8, 4) is 0 Å². The van der Waals surface area contributed by atoms with E-state index in [1.165, 1.54) is 0 Å². The number of hydrogen-bond acceptors (Lipinski definition) is 3. The summed E-state index contributed by atoms with van der Waals surface area (Å²) in [6.45, 7) is 3.83. The lowest BCUT2D eigenvalue weighted by molar-refractivity contribution is 0.0905. The summed E-state index contributed by atoms with van der Waals surface area (Å²) < 4.78 is 0. The van der Waals surface area contributed by atoms with Crippen molar-refractivity contribution in [3.05, 3.63) is 60.2 Å². The van der Waals surface area contributed by atoms with Gasteiger partial charge in [-0.25, -0.2) is 0 Å². The number of pyridine rings is 2. The third-order valence-corrected chi connectivity index (χ3v) is 2.63. The number of hydrogen-bond donors (Lipinski definition) is 1. The second kappa shape index (κ2) is 4.96. The molecule has 0 unspecified atom stereocenters. The van der Waals surface area contributed by atoms with Crippen LogP contribution in [0.3, 0.4) is 0 Å². The highest BCUT2D eigenvalue weighted by atomic mass is 16.2. The third-order valence-electron chi connectivity index (χ3n) is 2.63. The summed E-state index contributed by atoms with van der Waals surface area (Å²) in [5.74, 6) is -0.203. The monoisotopic (exact) mass is 241 g/mol. The lowest BCUT2D eigenvalue weighted by atomic mass is 9.99. The van der Waals surface area contributed by atoms with Crippen molar-refractivity contribution >= 4 is 5.91 Å². The average molecular weight is 241 g/mol. The van der Waals surface area contributed by atoms with E-state index >= 15 is 0 Å². The molecule has 0 aliphatic rings. The van der Waals surface area contributed by atoms with Gasteiger partial charge >= 0.3 is 0 Å². The highest BCUT2D eigenvalue weighted by Gasteiger charge is 2.24. The van der Waals surface area contributed by atoms with Gasteiger partial charge in [0.2, 0.25) is 0 Å². The second-order valence-electron chi connectivity index (χ2n) is 4.51. The summed E-state index contributed by atoms with van der Waals surface area (Å²) in [6, 6.07) is 10.9. The largest absolute Gasteiger partial charge is 0.340 e. The molecule has 1 amide bonds. The van der Waals surface area contributed by atoms with Crippen LogP contribution >= 0.6 is 0 Å². The van der Waals surface area contributed by atoms with Crippen LogP contribution in [0.2, 0.25) is 0 Å². The number of carbonyl (C=O) groups is 1. The van der Waals surface area contributed by atoms with E-state index in [4.69, 9.17) is 0 Å². The smallest absolute Gasteiger partial charge is 0.270 e. The van der Waals surface area contributed by atoms with Gasteiger partial charge in [0.1, 0.15) is 5.69 Å². The summed E-state index contributed by atoms with van der Waals surface area (Å²) >= 11 is 0. The summed E-state index contributed by atoms with van der Waals surface area (Å²) in [4.78, 5) is 20.3. The molecule has 0 fully saturated rings. The SMILES string of the molecule is CC(C)(NC(=O)c1ccccn1)c1ccccn1. The van der Waals surface area contributed by atoms with Crippen LogP contribution in [0.25, 0.3) is 0 Å². The van der Waals surface area contributed by atoms with Crippen molar-refractivity contribution < 1.29 is 4.79 Å². The Morgan fingerprint density at radius 1 is 1.06 bits per heavy atom. The van der Waals surface area contributed by atoms with Crippen LogP contribution in [0, 0.1) is 0 Å². The molecule has 0 radical (unpaired) electrons. The Kier molecular flexibility index (Phi) is 3.37. The van der Waals surface area contributed by atoms with E-state index in [1.54, 1.807) is 30.6 Å². The van der Waals surface area contributed by atoms with Crippen molar-refractivity contribution in [1.29, 1.82) is 0 Å². The molecule has 0 spiro atoms. The molecular weight excluding hydrogens is 226 g/mol. The number of nitrogens with one attached hydrogen (secondary N) is 1. The van der Waals surface area contributed by atoms with E-state index in [0.29, 0.717) is 5.69 Å². The first kappa shape index (κ1) is 12.2. The fourth-order valence-electron chi connectivity index (χ4n) is 1.64. The molecule has 2 rings (SSSR count). The predicted octanol–water partition coefficient (Wildman–Crippen LogP) is 2.14. The Morgan fingerprint density at radius 3 is 2.28 bits per heavy atom. The zero-order valence-corrected chi connectivity index (χ0v) is 10.4. The van der Waals surface area contributed by atoms with E-state index in [9.17, 15) is 4.79 Å². The molecule has 2 aromatic rings. The maximum absolute atomic E-state index is 12.0. The van der Waals surface area contributed by atoms with E-state index < -0.39 is 5.54 Å². The first-order chi connectivity index (χ1) is 8.59. The molecule has 2 heterocycles. The summed E-state index contributed by atoms with van der Waals surface area (Å²) in [5, 5.41) is 2.92. The lowest BCUT2D eigenvalue weighted by Crippen LogP contribution is -2.41. The number of aromatic nitrogens is 2. The van der Waals surface area contributed by atoms with Crippen LogP contribution in [0.4, 0.5) is 0 Å². The van der Waals surface area contributed by atoms with Crippen LogP contribution in [-0.2, 0) is 5.54 Å². The van der Waals surface area contributed by atoms with Crippen molar-refractivity contribution in [2.24, 2.45) is 0 Å². The maximum Gasteiger partial charge on any atom is 0.270 e. The molecular formula is C14H15N3O. The quantitative estimate of drug-likeness (QED) is 0.895. The highest BCUT2D eigenvalue weighted by molar-refractivity contribution is 5.92. The van der Waals surface area contributed by atoms with Gasteiger partial charge in [0.05, 0.1) is 11.2 Å². The Balaban J connectivity index is 2.17. The molecule has 2 aromatic heterocycles. The number of amides is 1. The van der Waals surface area contributed by atoms with Gasteiger partial charge in [0.25, 0.3) is 5.91 Å². The van der Waals surface area contributed by atoms with Gasteiger partial charge in [-0.05, 0) is 38.1 Å². The molecule has 0 aromatic carbocycles. The first-order valence-electron chi connectivity index (χ1n) is 5.75. The van der Waals surface area contributed by atoms with E-state index in [1.807, 2.05) is 32.0 Å². The Labute approximate surface area is 106 Å². The minimum Gasteiger partial charge on any atom is -0.340 e. The minimum atomic E-state index is -0.532. The van der Waals surface area contributed by atoms with Crippen LogP contribution < -0.4 is 5.32 Å². The topological polar surface area (TPSA) is 54.9 Å². The molecule has 4 nitrogen and oxygen atoms in total. The Bertz CT molecular complexity index is 523. The summed E-state index contributed by atoms with van der Waals surface area (Å²) in [5.41, 5.74) is 0.686. The number of nitrogens with zero attached hydrogens (tertiary/aromatic N) is 2. The normalized spacial score (nSPS) is 11.0. The molecule has 0 saturated carbocycles. The third kappa shape index (κ3) is 2.71. The molecule has 92 valence electrons. The average Bonchev–Trinajstić information content (AvgIpc) is 2.40. The van der Waals surface area contributed by atoms with Crippen molar-refractivity contribution in [2.75, 3.05) is 0 Å². The second-order valence-corrected chi connectivity index (χ2v) is 4.51. The number of rotatable bonds is 3. The molecule has 1 N–H and O–H groups in total. The maximum atomic E-state index is 12.0. The molecule has 0 aliphatic carbocycles. The molecule has 0 saturated heterocycles. The van der Waals surface area contributed by atoms with Gasteiger partial charge in [0, 0.05) is 12.4 Å². The van der Waals surface area contributed by atoms with E-state index in [-0.39, 0.29) is 5.91 Å². The van der Waals surface area contributed by atoms with Crippen LogP contribution in [0.15, 0.2) is 48.8 Å². The van der Waals surface area contributed by atoms with Crippen molar-refractivity contribution in [2.45, 2.75) is 19.4 Å².